The molecule has 2 aromatic rings. The fourth-order valence-corrected chi connectivity index (χ4v) is 5.40. The lowest BCUT2D eigenvalue weighted by Crippen LogP contribution is -2.39. The Balaban J connectivity index is 1.62. The Bertz CT molecular complexity index is 1120. The lowest BCUT2D eigenvalue weighted by atomic mass is 10.0. The van der Waals surface area contributed by atoms with Gasteiger partial charge in [0, 0.05) is 26.6 Å². The first-order chi connectivity index (χ1) is 16.2. The molecule has 0 aromatic heterocycles. The predicted molar refractivity (Wildman–Crippen MR) is 123 cm³/mol. The molecule has 3 rings (SSSR count). The predicted octanol–water partition coefficient (Wildman–Crippen LogP) is 3.07. The van der Waals surface area contributed by atoms with Gasteiger partial charge in [-0.05, 0) is 54.7 Å². The van der Waals surface area contributed by atoms with Crippen LogP contribution in [0.3, 0.4) is 0 Å². The van der Waals surface area contributed by atoms with Crippen LogP contribution < -0.4 is 10.6 Å². The van der Waals surface area contributed by atoms with Gasteiger partial charge in [0.2, 0.25) is 21.8 Å². The molecule has 0 bridgehead atoms. The molecule has 184 valence electrons. The molecule has 2 aromatic carbocycles. The molecule has 2 amide bonds. The topological polar surface area (TPSA) is 95.6 Å². The van der Waals surface area contributed by atoms with Crippen molar-refractivity contribution in [2.45, 2.75) is 49.5 Å². The third-order valence-electron chi connectivity index (χ3n) is 5.86. The zero-order valence-corrected chi connectivity index (χ0v) is 19.8. The Morgan fingerprint density at radius 2 is 1.62 bits per heavy atom. The molecule has 2 N–H and O–H groups in total. The number of nitrogens with one attached hydrogen (secondary N) is 2. The van der Waals surface area contributed by atoms with E-state index in [1.807, 2.05) is 0 Å². The summed E-state index contributed by atoms with van der Waals surface area (Å²) < 4.78 is 54.1. The second-order valence-corrected chi connectivity index (χ2v) is 10.2. The Kier molecular flexibility index (Phi) is 8.73. The van der Waals surface area contributed by atoms with Crippen molar-refractivity contribution in [3.05, 3.63) is 65.2 Å². The Labute approximate surface area is 198 Å². The van der Waals surface area contributed by atoms with E-state index < -0.39 is 39.5 Å². The number of nitrogens with zero attached hydrogens (tertiary/aromatic N) is 1. The quantitative estimate of drug-likeness (QED) is 0.591. The van der Waals surface area contributed by atoms with E-state index in [0.29, 0.717) is 19.5 Å². The molecular weight excluding hydrogens is 464 g/mol. The fourth-order valence-electron chi connectivity index (χ4n) is 3.89. The molecule has 0 saturated carbocycles. The van der Waals surface area contributed by atoms with Gasteiger partial charge in [0.05, 0.1) is 4.90 Å². The molecule has 0 spiro atoms. The summed E-state index contributed by atoms with van der Waals surface area (Å²) in [5.41, 5.74) is 0.879. The van der Waals surface area contributed by atoms with Crippen LogP contribution in [-0.2, 0) is 26.0 Å². The van der Waals surface area contributed by atoms with Crippen LogP contribution in [0.15, 0.2) is 47.4 Å². The minimum Gasteiger partial charge on any atom is -0.357 e. The third kappa shape index (κ3) is 6.38. The van der Waals surface area contributed by atoms with Crippen LogP contribution in [0.25, 0.3) is 0 Å². The number of hydrogen-bond donors (Lipinski definition) is 2. The Morgan fingerprint density at radius 1 is 0.971 bits per heavy atom. The van der Waals surface area contributed by atoms with Gasteiger partial charge in [-0.2, -0.15) is 4.31 Å². The number of sulfonamides is 1. The highest BCUT2D eigenvalue weighted by molar-refractivity contribution is 7.89. The summed E-state index contributed by atoms with van der Waals surface area (Å²) in [6.07, 6.45) is 4.11. The number of amides is 2. The van der Waals surface area contributed by atoms with E-state index in [1.54, 1.807) is 24.3 Å². The molecule has 1 aliphatic rings. The van der Waals surface area contributed by atoms with E-state index in [4.69, 9.17) is 0 Å². The van der Waals surface area contributed by atoms with Crippen LogP contribution >= 0.6 is 0 Å². The van der Waals surface area contributed by atoms with Gasteiger partial charge in [0.15, 0.2) is 11.6 Å². The van der Waals surface area contributed by atoms with E-state index in [9.17, 15) is 26.8 Å². The van der Waals surface area contributed by atoms with Gasteiger partial charge in [-0.3, -0.25) is 9.59 Å². The number of carbonyl (C=O) groups is 2. The maximum atomic E-state index is 13.6. The maximum absolute atomic E-state index is 13.6. The molecule has 1 aliphatic heterocycles. The van der Waals surface area contributed by atoms with Crippen LogP contribution in [0.1, 0.15) is 49.3 Å². The zero-order valence-electron chi connectivity index (χ0n) is 19.0. The molecule has 1 atom stereocenters. The van der Waals surface area contributed by atoms with Crippen LogP contribution in [-0.4, -0.2) is 44.7 Å². The second-order valence-electron chi connectivity index (χ2n) is 8.25. The zero-order chi connectivity index (χ0) is 24.7. The molecule has 0 aliphatic carbocycles. The largest absolute Gasteiger partial charge is 0.357 e. The Morgan fingerprint density at radius 3 is 2.21 bits per heavy atom. The summed E-state index contributed by atoms with van der Waals surface area (Å²) in [5.74, 6) is -3.19. The number of benzene rings is 2. The van der Waals surface area contributed by atoms with Crippen molar-refractivity contribution in [3.8, 4) is 0 Å². The first-order valence-corrected chi connectivity index (χ1v) is 12.7. The number of hydrogen-bond acceptors (Lipinski definition) is 4. The lowest BCUT2D eigenvalue weighted by molar-refractivity contribution is -0.128. The molecule has 1 saturated heterocycles. The number of carbonyl (C=O) groups excluding carboxylic acids is 2. The van der Waals surface area contributed by atoms with Crippen molar-refractivity contribution in [2.24, 2.45) is 0 Å². The first kappa shape index (κ1) is 25.8. The summed E-state index contributed by atoms with van der Waals surface area (Å²) in [4.78, 5) is 24.9. The molecular formula is C24H29F2N3O4S. The van der Waals surface area contributed by atoms with E-state index in [-0.39, 0.29) is 16.9 Å². The molecule has 1 heterocycles. The van der Waals surface area contributed by atoms with Crippen LogP contribution in [0.2, 0.25) is 0 Å². The van der Waals surface area contributed by atoms with Crippen molar-refractivity contribution < 1.29 is 26.8 Å². The molecule has 1 fully saturated rings. The monoisotopic (exact) mass is 493 g/mol. The summed E-state index contributed by atoms with van der Waals surface area (Å²) in [7, 11) is -2.17. The van der Waals surface area contributed by atoms with Gasteiger partial charge in [-0.25, -0.2) is 17.2 Å². The molecule has 10 heteroatoms. The minimum atomic E-state index is -3.55. The summed E-state index contributed by atoms with van der Waals surface area (Å²) >= 11 is 0. The summed E-state index contributed by atoms with van der Waals surface area (Å²) in [6, 6.07) is 8.26. The highest BCUT2D eigenvalue weighted by atomic mass is 32.2. The van der Waals surface area contributed by atoms with Gasteiger partial charge in [0.1, 0.15) is 6.04 Å². The van der Waals surface area contributed by atoms with Crippen molar-refractivity contribution in [3.63, 3.8) is 0 Å². The fraction of sp³-hybridized carbons (Fsp3) is 0.417. The van der Waals surface area contributed by atoms with Gasteiger partial charge >= 0.3 is 0 Å². The Hall–Kier alpha value is -2.85. The SMILES string of the molecule is CNC(=O)C(NC(=O)CCc1ccc(S(=O)(=O)N2CCCCCC2)cc1)c1ccc(F)c(F)c1. The highest BCUT2D eigenvalue weighted by Crippen LogP contribution is 2.21. The van der Waals surface area contributed by atoms with Crippen molar-refractivity contribution in [1.29, 1.82) is 0 Å². The molecule has 34 heavy (non-hydrogen) atoms. The van der Waals surface area contributed by atoms with E-state index in [2.05, 4.69) is 10.6 Å². The van der Waals surface area contributed by atoms with Gasteiger partial charge in [-0.1, -0.05) is 31.0 Å². The van der Waals surface area contributed by atoms with Crippen molar-refractivity contribution in [2.75, 3.05) is 20.1 Å². The normalized spacial score (nSPS) is 15.9. The standard InChI is InChI=1S/C24H29F2N3O4S/c1-27-24(31)23(18-9-12-20(25)21(26)16-18)28-22(30)13-8-17-6-10-19(11-7-17)34(32,33)29-14-4-2-3-5-15-29/h6-7,9-12,16,23H,2-5,8,13-15H2,1H3,(H,27,31)(H,28,30). The first-order valence-electron chi connectivity index (χ1n) is 11.3. The lowest BCUT2D eigenvalue weighted by Gasteiger charge is -2.20. The van der Waals surface area contributed by atoms with Crippen LogP contribution in [0.5, 0.6) is 0 Å². The smallest absolute Gasteiger partial charge is 0.246 e. The van der Waals surface area contributed by atoms with Crippen molar-refractivity contribution >= 4 is 21.8 Å². The average Bonchev–Trinajstić information content (AvgIpc) is 3.13. The molecule has 1 unspecified atom stereocenters. The van der Waals surface area contributed by atoms with Gasteiger partial charge < -0.3 is 10.6 Å². The number of aryl methyl sites for hydroxylation is 1. The van der Waals surface area contributed by atoms with Gasteiger partial charge in [0.25, 0.3) is 0 Å². The van der Waals surface area contributed by atoms with E-state index in [0.717, 1.165) is 43.4 Å². The van der Waals surface area contributed by atoms with Crippen LogP contribution in [0, 0.1) is 11.6 Å². The number of rotatable bonds is 8. The number of likely N-dealkylation sites (N-methyl/N-ethyl adjacent to an activating group) is 1. The molecule has 0 radical (unpaired) electrons. The average molecular weight is 494 g/mol. The maximum Gasteiger partial charge on any atom is 0.246 e. The van der Waals surface area contributed by atoms with Crippen molar-refractivity contribution in [1.82, 2.24) is 14.9 Å². The minimum absolute atomic E-state index is 0.0232. The van der Waals surface area contributed by atoms with Gasteiger partial charge in [-0.15, -0.1) is 0 Å². The summed E-state index contributed by atoms with van der Waals surface area (Å²) in [5, 5.41) is 4.94. The van der Waals surface area contributed by atoms with E-state index >= 15 is 0 Å². The van der Waals surface area contributed by atoms with E-state index in [1.165, 1.54) is 17.4 Å². The molecule has 7 nitrogen and oxygen atoms in total. The third-order valence-corrected chi connectivity index (χ3v) is 7.77. The van der Waals surface area contributed by atoms with Crippen LogP contribution in [0.4, 0.5) is 8.78 Å². The second kappa shape index (κ2) is 11.5. The summed E-state index contributed by atoms with van der Waals surface area (Å²) in [6.45, 7) is 1.05. The number of halogens is 2. The highest BCUT2D eigenvalue weighted by Gasteiger charge is 2.25.